The molecule has 424 valence electrons. The fourth-order valence-corrected chi connectivity index (χ4v) is 8.01. The minimum absolute atomic E-state index is 0.106. The monoisotopic (exact) mass is 1040 g/mol. The lowest BCUT2D eigenvalue weighted by atomic mass is 10.1. The van der Waals surface area contributed by atoms with E-state index in [2.05, 4.69) is 154 Å². The second-order valence-electron chi connectivity index (χ2n) is 19.9. The summed E-state index contributed by atoms with van der Waals surface area (Å²) in [6, 6.07) is 0. The minimum atomic E-state index is -0.811. The normalized spacial score (nSPS) is 13.1. The molecule has 0 aliphatic heterocycles. The fraction of sp³-hybridized carbons (Fsp3) is 0.638. The maximum absolute atomic E-state index is 12.9. The van der Waals surface area contributed by atoms with Crippen molar-refractivity contribution >= 4 is 17.9 Å². The highest BCUT2D eigenvalue weighted by Gasteiger charge is 2.19. The molecular formula is C69H112O6. The van der Waals surface area contributed by atoms with E-state index in [1.54, 1.807) is 0 Å². The molecule has 0 N–H and O–H groups in total. The van der Waals surface area contributed by atoms with Crippen LogP contribution >= 0.6 is 0 Å². The summed E-state index contributed by atoms with van der Waals surface area (Å²) in [7, 11) is 0. The molecule has 0 aromatic rings. The van der Waals surface area contributed by atoms with Gasteiger partial charge in [-0.25, -0.2) is 0 Å². The van der Waals surface area contributed by atoms with Gasteiger partial charge < -0.3 is 14.2 Å². The van der Waals surface area contributed by atoms with Crippen LogP contribution in [-0.4, -0.2) is 37.2 Å². The molecule has 6 nitrogen and oxygen atoms in total. The number of carbonyl (C=O) groups excluding carboxylic acids is 3. The van der Waals surface area contributed by atoms with Gasteiger partial charge in [0.1, 0.15) is 13.2 Å². The van der Waals surface area contributed by atoms with Gasteiger partial charge in [0.15, 0.2) is 6.10 Å². The highest BCUT2D eigenvalue weighted by atomic mass is 16.6. The van der Waals surface area contributed by atoms with E-state index < -0.39 is 6.10 Å². The van der Waals surface area contributed by atoms with Crippen LogP contribution < -0.4 is 0 Å². The number of unbranched alkanes of at least 4 members (excludes halogenated alkanes) is 21. The van der Waals surface area contributed by atoms with Crippen LogP contribution in [0.5, 0.6) is 0 Å². The molecule has 0 fully saturated rings. The first-order chi connectivity index (χ1) is 37.0. The molecule has 0 saturated carbocycles. The van der Waals surface area contributed by atoms with Gasteiger partial charge in [-0.05, 0) is 141 Å². The van der Waals surface area contributed by atoms with Crippen molar-refractivity contribution in [2.24, 2.45) is 0 Å². The van der Waals surface area contributed by atoms with Crippen LogP contribution in [0.3, 0.4) is 0 Å². The van der Waals surface area contributed by atoms with Gasteiger partial charge in [0, 0.05) is 19.3 Å². The highest BCUT2D eigenvalue weighted by molar-refractivity contribution is 5.71. The molecule has 0 aromatic heterocycles. The molecule has 1 unspecified atom stereocenters. The van der Waals surface area contributed by atoms with Crippen molar-refractivity contribution in [3.8, 4) is 0 Å². The third-order valence-corrected chi connectivity index (χ3v) is 12.6. The third kappa shape index (κ3) is 60.3. The first kappa shape index (κ1) is 70.5. The third-order valence-electron chi connectivity index (χ3n) is 12.6. The van der Waals surface area contributed by atoms with Crippen molar-refractivity contribution in [3.63, 3.8) is 0 Å². The Bertz CT molecular complexity index is 1620. The molecular weight excluding hydrogens is 925 g/mol. The van der Waals surface area contributed by atoms with Gasteiger partial charge in [0.2, 0.25) is 0 Å². The Kier molecular flexibility index (Phi) is 58.4. The SMILES string of the molecule is CC/C=C\C/C=C\C/C=C\C/C=C\C/C=C\C/C=C\C/C=C\CCCCCC(=O)OCC(COC(=O)CCCCCCC/C=C\C/C=C\CCCCCC)OC(=O)CCCCCCC/C=C\C/C=C\CCCCCC. The van der Waals surface area contributed by atoms with Gasteiger partial charge in [0.05, 0.1) is 0 Å². The molecule has 0 aliphatic rings. The Morgan fingerprint density at radius 3 is 0.827 bits per heavy atom. The van der Waals surface area contributed by atoms with Gasteiger partial charge in [-0.1, -0.05) is 238 Å². The van der Waals surface area contributed by atoms with E-state index in [1.165, 1.54) is 64.2 Å². The Morgan fingerprint density at radius 1 is 0.280 bits per heavy atom. The highest BCUT2D eigenvalue weighted by Crippen LogP contribution is 2.13. The van der Waals surface area contributed by atoms with Gasteiger partial charge in [-0.3, -0.25) is 14.4 Å². The van der Waals surface area contributed by atoms with Crippen LogP contribution in [0.4, 0.5) is 0 Å². The molecule has 0 aromatic carbocycles. The van der Waals surface area contributed by atoms with Crippen molar-refractivity contribution in [1.29, 1.82) is 0 Å². The minimum Gasteiger partial charge on any atom is -0.462 e. The van der Waals surface area contributed by atoms with Crippen LogP contribution in [0.25, 0.3) is 0 Å². The summed E-state index contributed by atoms with van der Waals surface area (Å²) in [6.45, 7) is 6.44. The van der Waals surface area contributed by atoms with Gasteiger partial charge >= 0.3 is 17.9 Å². The van der Waals surface area contributed by atoms with Crippen LogP contribution in [0, 0.1) is 0 Å². The molecule has 0 heterocycles. The van der Waals surface area contributed by atoms with Crippen molar-refractivity contribution in [2.45, 2.75) is 271 Å². The van der Waals surface area contributed by atoms with Gasteiger partial charge in [0.25, 0.3) is 0 Å². The van der Waals surface area contributed by atoms with Crippen molar-refractivity contribution in [3.05, 3.63) is 134 Å². The van der Waals surface area contributed by atoms with Crippen molar-refractivity contribution in [2.75, 3.05) is 13.2 Å². The molecule has 75 heavy (non-hydrogen) atoms. The fourth-order valence-electron chi connectivity index (χ4n) is 8.01. The Hall–Kier alpha value is -4.45. The van der Waals surface area contributed by atoms with Crippen LogP contribution in [-0.2, 0) is 28.6 Å². The molecule has 0 saturated heterocycles. The first-order valence-electron chi connectivity index (χ1n) is 30.7. The molecule has 0 radical (unpaired) electrons. The van der Waals surface area contributed by atoms with Crippen molar-refractivity contribution in [1.82, 2.24) is 0 Å². The van der Waals surface area contributed by atoms with Crippen LogP contribution in [0.2, 0.25) is 0 Å². The molecule has 0 aliphatic carbocycles. The predicted octanol–water partition coefficient (Wildman–Crippen LogP) is 21.0. The van der Waals surface area contributed by atoms with E-state index >= 15 is 0 Å². The standard InChI is InChI=1S/C69H112O6/c1-4-7-10-13-16-19-22-25-28-31-32-33-34-35-36-37-38-39-42-44-47-50-53-56-59-62-68(71)74-65-66(75-69(72)63-60-57-54-51-48-45-41-30-27-24-21-18-15-12-9-6-3)64-73-67(70)61-58-55-52-49-46-43-40-29-26-23-20-17-14-11-8-5-2/h7,10,16,19-21,23-25,28-30,32-33,35-36,38-41,44,47,66H,4-6,8-9,11-15,17-18,22,26-27,31,34,37,42-43,45-46,48-65H2,1-3H3/b10-7-,19-16-,23-20-,24-21-,28-25-,33-32-,36-35-,39-38-,40-29-,41-30-,47-44-. The van der Waals surface area contributed by atoms with Crippen molar-refractivity contribution < 1.29 is 28.6 Å². The lowest BCUT2D eigenvalue weighted by Gasteiger charge is -2.18. The average molecular weight is 1040 g/mol. The van der Waals surface area contributed by atoms with E-state index in [0.717, 1.165) is 161 Å². The van der Waals surface area contributed by atoms with E-state index in [4.69, 9.17) is 14.2 Å². The quantitative estimate of drug-likeness (QED) is 0.0261. The lowest BCUT2D eigenvalue weighted by Crippen LogP contribution is -2.30. The maximum atomic E-state index is 12.9. The molecule has 0 spiro atoms. The summed E-state index contributed by atoms with van der Waals surface area (Å²) in [5, 5.41) is 0. The Balaban J connectivity index is 4.49. The number of carbonyl (C=O) groups is 3. The Labute approximate surface area is 462 Å². The molecule has 0 bridgehead atoms. The summed E-state index contributed by atoms with van der Waals surface area (Å²) in [5.74, 6) is -0.967. The topological polar surface area (TPSA) is 78.9 Å². The number of ether oxygens (including phenoxy) is 3. The smallest absolute Gasteiger partial charge is 0.306 e. The second kappa shape index (κ2) is 62.1. The number of hydrogen-bond acceptors (Lipinski definition) is 6. The predicted molar refractivity (Wildman–Crippen MR) is 325 cm³/mol. The van der Waals surface area contributed by atoms with E-state index in [9.17, 15) is 14.4 Å². The number of esters is 3. The van der Waals surface area contributed by atoms with E-state index in [1.807, 2.05) is 0 Å². The zero-order valence-corrected chi connectivity index (χ0v) is 48.5. The largest absolute Gasteiger partial charge is 0.462 e. The van der Waals surface area contributed by atoms with E-state index in [-0.39, 0.29) is 31.1 Å². The van der Waals surface area contributed by atoms with Gasteiger partial charge in [-0.2, -0.15) is 0 Å². The molecule has 6 heteroatoms. The summed E-state index contributed by atoms with van der Waals surface area (Å²) in [6.07, 6.45) is 87.3. The first-order valence-corrected chi connectivity index (χ1v) is 30.7. The summed E-state index contributed by atoms with van der Waals surface area (Å²) >= 11 is 0. The molecule has 1 atom stereocenters. The molecule has 0 amide bonds. The van der Waals surface area contributed by atoms with Crippen LogP contribution in [0.1, 0.15) is 265 Å². The maximum Gasteiger partial charge on any atom is 0.306 e. The summed E-state index contributed by atoms with van der Waals surface area (Å²) < 4.78 is 16.9. The van der Waals surface area contributed by atoms with E-state index in [0.29, 0.717) is 19.3 Å². The number of rotatable bonds is 54. The zero-order chi connectivity index (χ0) is 54.3. The lowest BCUT2D eigenvalue weighted by molar-refractivity contribution is -0.167. The van der Waals surface area contributed by atoms with Crippen LogP contribution in [0.15, 0.2) is 134 Å². The summed E-state index contributed by atoms with van der Waals surface area (Å²) in [4.78, 5) is 38.3. The zero-order valence-electron chi connectivity index (χ0n) is 48.5. The molecule has 0 rings (SSSR count). The van der Waals surface area contributed by atoms with Gasteiger partial charge in [-0.15, -0.1) is 0 Å². The average Bonchev–Trinajstić information content (AvgIpc) is 3.41. The number of allylic oxidation sites excluding steroid dienone is 22. The second-order valence-corrected chi connectivity index (χ2v) is 19.9. The summed E-state index contributed by atoms with van der Waals surface area (Å²) in [5.41, 5.74) is 0. The number of hydrogen-bond donors (Lipinski definition) is 0. The Morgan fingerprint density at radius 2 is 0.520 bits per heavy atom.